The van der Waals surface area contributed by atoms with Gasteiger partial charge in [-0.2, -0.15) is 0 Å². The van der Waals surface area contributed by atoms with Gasteiger partial charge in [0, 0.05) is 12.1 Å². The lowest BCUT2D eigenvalue weighted by Gasteiger charge is -2.07. The third-order valence-corrected chi connectivity index (χ3v) is 4.62. The number of carbonyl (C=O) groups is 2. The van der Waals surface area contributed by atoms with Gasteiger partial charge in [-0.25, -0.2) is 9.38 Å². The molecular weight excluding hydrogens is 341 g/mol. The van der Waals surface area contributed by atoms with Crippen molar-refractivity contribution >= 4 is 40.1 Å². The topological polar surface area (TPSA) is 70.6 Å². The van der Waals surface area contributed by atoms with Crippen LogP contribution in [-0.2, 0) is 9.59 Å². The van der Waals surface area contributed by atoms with E-state index < -0.39 is 5.25 Å². The van der Waals surface area contributed by atoms with Gasteiger partial charge < -0.3 is 10.6 Å². The number of nitrogens with one attached hydrogen (secondary N) is 2. The second-order valence-electron chi connectivity index (χ2n) is 5.61. The number of nitrogens with zero attached hydrogens (tertiary/aromatic N) is 1. The lowest BCUT2D eigenvalue weighted by atomic mass is 10.2. The fraction of sp³-hybridized carbons (Fsp3) is 0.167. The van der Waals surface area contributed by atoms with Crippen LogP contribution in [0.15, 0.2) is 53.5 Å². The Labute approximate surface area is 148 Å². The van der Waals surface area contributed by atoms with Gasteiger partial charge in [-0.05, 0) is 43.3 Å². The fourth-order valence-corrected chi connectivity index (χ4v) is 3.23. The van der Waals surface area contributed by atoms with Crippen molar-refractivity contribution in [1.82, 2.24) is 5.32 Å². The van der Waals surface area contributed by atoms with Gasteiger partial charge in [-0.1, -0.05) is 29.5 Å². The van der Waals surface area contributed by atoms with Crippen LogP contribution >= 0.6 is 11.8 Å². The molecule has 5 nitrogen and oxygen atoms in total. The first kappa shape index (κ1) is 17.2. The summed E-state index contributed by atoms with van der Waals surface area (Å²) in [6, 6.07) is 13.1. The minimum absolute atomic E-state index is 0.0484. The second kappa shape index (κ2) is 7.48. The Bertz CT molecular complexity index is 819. The first-order valence-corrected chi connectivity index (χ1v) is 8.56. The van der Waals surface area contributed by atoms with Crippen LogP contribution in [0.2, 0.25) is 0 Å². The maximum absolute atomic E-state index is 12.9. The van der Waals surface area contributed by atoms with Crippen molar-refractivity contribution in [2.45, 2.75) is 18.6 Å². The normalized spacial score (nSPS) is 18.2. The highest BCUT2D eigenvalue weighted by molar-refractivity contribution is 8.15. The third-order valence-electron chi connectivity index (χ3n) is 3.54. The highest BCUT2D eigenvalue weighted by atomic mass is 32.2. The molecule has 7 heteroatoms. The number of amidine groups is 1. The first-order chi connectivity index (χ1) is 12.0. The molecule has 1 heterocycles. The lowest BCUT2D eigenvalue weighted by molar-refractivity contribution is -0.122. The predicted octanol–water partition coefficient (Wildman–Crippen LogP) is 3.38. The largest absolute Gasteiger partial charge is 0.326 e. The standard InChI is InChI=1S/C18H16FN3O2S/c1-11-2-6-13(7-3-11)20-16(23)10-15-17(24)22-18(25-15)21-14-8-4-12(19)5-9-14/h2-9,15H,10H2,1H3,(H,20,23)(H,21,22,24)/t15-/m0/s1. The van der Waals surface area contributed by atoms with E-state index in [2.05, 4.69) is 15.6 Å². The number of rotatable bonds is 4. The van der Waals surface area contributed by atoms with Crippen LogP contribution in [0.4, 0.5) is 15.8 Å². The Morgan fingerprint density at radius 2 is 1.88 bits per heavy atom. The van der Waals surface area contributed by atoms with Crippen LogP contribution in [0, 0.1) is 12.7 Å². The number of benzene rings is 2. The zero-order chi connectivity index (χ0) is 17.8. The summed E-state index contributed by atoms with van der Waals surface area (Å²) < 4.78 is 12.9. The summed E-state index contributed by atoms with van der Waals surface area (Å²) in [5.74, 6) is -0.845. The third kappa shape index (κ3) is 4.67. The number of thioether (sulfide) groups is 1. The average Bonchev–Trinajstić information content (AvgIpc) is 2.91. The summed E-state index contributed by atoms with van der Waals surface area (Å²) in [4.78, 5) is 28.4. The van der Waals surface area contributed by atoms with Crippen molar-refractivity contribution in [1.29, 1.82) is 0 Å². The maximum Gasteiger partial charge on any atom is 0.240 e. The molecule has 1 aliphatic rings. The maximum atomic E-state index is 12.9. The van der Waals surface area contributed by atoms with Gasteiger partial charge in [0.1, 0.15) is 11.1 Å². The van der Waals surface area contributed by atoms with Crippen molar-refractivity contribution in [3.05, 3.63) is 59.9 Å². The van der Waals surface area contributed by atoms with Gasteiger partial charge in [0.15, 0.2) is 5.17 Å². The summed E-state index contributed by atoms with van der Waals surface area (Å²) in [5, 5.41) is 5.29. The molecule has 2 N–H and O–H groups in total. The molecule has 1 fully saturated rings. The molecule has 0 saturated carbocycles. The molecule has 2 aromatic rings. The Balaban J connectivity index is 1.59. The number of hydrogen-bond acceptors (Lipinski definition) is 4. The summed E-state index contributed by atoms with van der Waals surface area (Å²) in [5.41, 5.74) is 2.33. The lowest BCUT2D eigenvalue weighted by Crippen LogP contribution is -2.28. The summed E-state index contributed by atoms with van der Waals surface area (Å²) in [6.45, 7) is 1.97. The molecule has 25 heavy (non-hydrogen) atoms. The van der Waals surface area contributed by atoms with Gasteiger partial charge in [-0.3, -0.25) is 9.59 Å². The minimum Gasteiger partial charge on any atom is -0.326 e. The number of carbonyl (C=O) groups excluding carboxylic acids is 2. The van der Waals surface area contributed by atoms with Crippen molar-refractivity contribution in [3.63, 3.8) is 0 Å². The van der Waals surface area contributed by atoms with Crippen LogP contribution in [0.25, 0.3) is 0 Å². The summed E-state index contributed by atoms with van der Waals surface area (Å²) in [7, 11) is 0. The zero-order valence-corrected chi connectivity index (χ0v) is 14.3. The van der Waals surface area contributed by atoms with Crippen LogP contribution in [0.1, 0.15) is 12.0 Å². The molecule has 2 amide bonds. The molecule has 0 aliphatic carbocycles. The summed E-state index contributed by atoms with van der Waals surface area (Å²) in [6.07, 6.45) is 0.0484. The van der Waals surface area contributed by atoms with Crippen molar-refractivity contribution in [2.75, 3.05) is 5.32 Å². The van der Waals surface area contributed by atoms with E-state index in [1.165, 1.54) is 36.0 Å². The van der Waals surface area contributed by atoms with E-state index in [4.69, 9.17) is 0 Å². The van der Waals surface area contributed by atoms with Crippen molar-refractivity contribution in [2.24, 2.45) is 4.99 Å². The minimum atomic E-state index is -0.537. The first-order valence-electron chi connectivity index (χ1n) is 7.68. The molecule has 0 bridgehead atoms. The Morgan fingerprint density at radius 1 is 1.20 bits per heavy atom. The highest BCUT2D eigenvalue weighted by Crippen LogP contribution is 2.25. The molecule has 0 unspecified atom stereocenters. The van der Waals surface area contributed by atoms with Gasteiger partial charge in [0.25, 0.3) is 0 Å². The van der Waals surface area contributed by atoms with E-state index in [0.717, 1.165) is 5.56 Å². The molecule has 1 atom stereocenters. The number of halogens is 1. The Kier molecular flexibility index (Phi) is 5.14. The van der Waals surface area contributed by atoms with E-state index in [1.807, 2.05) is 31.2 Å². The highest BCUT2D eigenvalue weighted by Gasteiger charge is 2.32. The molecular formula is C18H16FN3O2S. The monoisotopic (exact) mass is 357 g/mol. The zero-order valence-electron chi connectivity index (χ0n) is 13.5. The number of hydrogen-bond donors (Lipinski definition) is 2. The van der Waals surface area contributed by atoms with E-state index in [9.17, 15) is 14.0 Å². The molecule has 128 valence electrons. The molecule has 3 rings (SSSR count). The van der Waals surface area contributed by atoms with E-state index in [-0.39, 0.29) is 24.1 Å². The fourth-order valence-electron chi connectivity index (χ4n) is 2.24. The molecule has 1 saturated heterocycles. The SMILES string of the molecule is Cc1ccc(NC(=O)C[C@@H]2SC(=Nc3ccc(F)cc3)NC2=O)cc1. The smallest absolute Gasteiger partial charge is 0.240 e. The predicted molar refractivity (Wildman–Crippen MR) is 97.4 cm³/mol. The second-order valence-corrected chi connectivity index (χ2v) is 6.80. The molecule has 1 aliphatic heterocycles. The van der Waals surface area contributed by atoms with Crippen molar-refractivity contribution < 1.29 is 14.0 Å². The van der Waals surface area contributed by atoms with Crippen LogP contribution in [0.3, 0.4) is 0 Å². The van der Waals surface area contributed by atoms with Gasteiger partial charge in [0.05, 0.1) is 5.69 Å². The summed E-state index contributed by atoms with van der Waals surface area (Å²) >= 11 is 1.19. The Morgan fingerprint density at radius 3 is 2.56 bits per heavy atom. The van der Waals surface area contributed by atoms with E-state index in [1.54, 1.807) is 0 Å². The van der Waals surface area contributed by atoms with Crippen molar-refractivity contribution in [3.8, 4) is 0 Å². The van der Waals surface area contributed by atoms with Crippen LogP contribution < -0.4 is 10.6 Å². The van der Waals surface area contributed by atoms with E-state index >= 15 is 0 Å². The number of aliphatic imine (C=N–C) groups is 1. The molecule has 0 radical (unpaired) electrons. The molecule has 0 spiro atoms. The Hall–Kier alpha value is -2.67. The van der Waals surface area contributed by atoms with Gasteiger partial charge in [-0.15, -0.1) is 0 Å². The molecule has 0 aromatic heterocycles. The van der Waals surface area contributed by atoms with E-state index in [0.29, 0.717) is 16.5 Å². The quantitative estimate of drug-likeness (QED) is 0.881. The number of amides is 2. The van der Waals surface area contributed by atoms with Gasteiger partial charge >= 0.3 is 0 Å². The average molecular weight is 357 g/mol. The molecule has 2 aromatic carbocycles. The van der Waals surface area contributed by atoms with Gasteiger partial charge in [0.2, 0.25) is 11.8 Å². The number of aryl methyl sites for hydroxylation is 1. The van der Waals surface area contributed by atoms with Crippen LogP contribution in [0.5, 0.6) is 0 Å². The number of anilines is 1. The van der Waals surface area contributed by atoms with Crippen LogP contribution in [-0.4, -0.2) is 22.2 Å².